The van der Waals surface area contributed by atoms with Gasteiger partial charge in [0.25, 0.3) is 0 Å². The summed E-state index contributed by atoms with van der Waals surface area (Å²) in [5.41, 5.74) is 2.13. The minimum absolute atomic E-state index is 0.385. The van der Waals surface area contributed by atoms with Gasteiger partial charge in [0.05, 0.1) is 0 Å². The molecule has 0 bridgehead atoms. The van der Waals surface area contributed by atoms with Crippen molar-refractivity contribution in [3.63, 3.8) is 0 Å². The van der Waals surface area contributed by atoms with Gasteiger partial charge >= 0.3 is 0 Å². The lowest BCUT2D eigenvalue weighted by Crippen LogP contribution is -1.84. The lowest BCUT2D eigenvalue weighted by Gasteiger charge is -2.07. The fourth-order valence-electron chi connectivity index (χ4n) is 1.61. The average Bonchev–Trinajstić information content (AvgIpc) is 2.15. The molecule has 2 aromatic carbocycles. The highest BCUT2D eigenvalue weighted by Crippen LogP contribution is 2.28. The van der Waals surface area contributed by atoms with Crippen LogP contribution in [-0.4, -0.2) is 5.11 Å². The molecule has 1 nitrogen and oxygen atoms in total. The highest BCUT2D eigenvalue weighted by atomic mass is 16.3. The Morgan fingerprint density at radius 1 is 1.00 bits per heavy atom. The van der Waals surface area contributed by atoms with E-state index >= 15 is 0 Å². The molecule has 0 atom stereocenters. The second kappa shape index (κ2) is 2.77. The van der Waals surface area contributed by atoms with Crippen molar-refractivity contribution in [3.05, 3.63) is 41.5 Å². The van der Waals surface area contributed by atoms with Crippen LogP contribution in [0.25, 0.3) is 10.8 Å². The van der Waals surface area contributed by atoms with Gasteiger partial charge in [-0.1, -0.05) is 24.3 Å². The van der Waals surface area contributed by atoms with E-state index in [9.17, 15) is 5.11 Å². The van der Waals surface area contributed by atoms with Crippen LogP contribution in [0.3, 0.4) is 0 Å². The van der Waals surface area contributed by atoms with Gasteiger partial charge in [0, 0.05) is 0 Å². The molecule has 1 heteroatoms. The fourth-order valence-corrected chi connectivity index (χ4v) is 1.61. The number of benzene rings is 2. The molecule has 0 radical (unpaired) electrons. The van der Waals surface area contributed by atoms with E-state index in [0.717, 1.165) is 16.5 Å². The second-order valence-electron chi connectivity index (χ2n) is 3.37. The van der Waals surface area contributed by atoms with E-state index < -0.39 is 0 Å². The third kappa shape index (κ3) is 1.17. The zero-order valence-electron chi connectivity index (χ0n) is 7.83. The molecule has 0 fully saturated rings. The van der Waals surface area contributed by atoms with Crippen molar-refractivity contribution in [1.29, 1.82) is 0 Å². The summed E-state index contributed by atoms with van der Waals surface area (Å²) in [5, 5.41) is 11.9. The summed E-state index contributed by atoms with van der Waals surface area (Å²) in [6.07, 6.45) is 0. The van der Waals surface area contributed by atoms with E-state index in [1.54, 1.807) is 0 Å². The molecule has 0 saturated heterocycles. The topological polar surface area (TPSA) is 20.2 Å². The first-order chi connectivity index (χ1) is 6.20. The largest absolute Gasteiger partial charge is 0.508 e. The van der Waals surface area contributed by atoms with Gasteiger partial charge in [-0.15, -0.1) is 0 Å². The zero-order valence-corrected chi connectivity index (χ0v) is 7.83. The van der Waals surface area contributed by atoms with Crippen molar-refractivity contribution < 1.29 is 5.11 Å². The summed E-state index contributed by atoms with van der Waals surface area (Å²) in [4.78, 5) is 0. The molecule has 2 aromatic rings. The van der Waals surface area contributed by atoms with Crippen molar-refractivity contribution in [1.82, 2.24) is 0 Å². The highest BCUT2D eigenvalue weighted by Gasteiger charge is 2.03. The van der Waals surface area contributed by atoms with Crippen molar-refractivity contribution in [2.75, 3.05) is 0 Å². The molecule has 0 spiro atoms. The molecule has 0 unspecified atom stereocenters. The van der Waals surface area contributed by atoms with Gasteiger partial charge in [-0.3, -0.25) is 0 Å². The molecule has 0 aliphatic carbocycles. The Bertz CT molecular complexity index is 458. The van der Waals surface area contributed by atoms with E-state index in [1.165, 1.54) is 5.39 Å². The monoisotopic (exact) mass is 172 g/mol. The van der Waals surface area contributed by atoms with Gasteiger partial charge in [0.2, 0.25) is 0 Å². The third-order valence-electron chi connectivity index (χ3n) is 2.60. The Morgan fingerprint density at radius 3 is 2.46 bits per heavy atom. The molecule has 0 amide bonds. The minimum Gasteiger partial charge on any atom is -0.508 e. The molecule has 0 saturated carbocycles. The van der Waals surface area contributed by atoms with Crippen LogP contribution in [0.1, 0.15) is 11.1 Å². The van der Waals surface area contributed by atoms with Crippen molar-refractivity contribution in [2.45, 2.75) is 13.8 Å². The van der Waals surface area contributed by atoms with Gasteiger partial charge in [-0.2, -0.15) is 0 Å². The molecular formula is C12H12O. The maximum absolute atomic E-state index is 9.60. The predicted octanol–water partition coefficient (Wildman–Crippen LogP) is 3.16. The Labute approximate surface area is 77.6 Å². The normalized spacial score (nSPS) is 10.6. The van der Waals surface area contributed by atoms with Crippen molar-refractivity contribution in [3.8, 4) is 5.75 Å². The number of hydrogen-bond acceptors (Lipinski definition) is 1. The molecule has 1 N–H and O–H groups in total. The first-order valence-electron chi connectivity index (χ1n) is 4.38. The minimum atomic E-state index is 0.385. The molecule has 0 heterocycles. The van der Waals surface area contributed by atoms with Gasteiger partial charge in [0.1, 0.15) is 5.75 Å². The van der Waals surface area contributed by atoms with Crippen molar-refractivity contribution in [2.24, 2.45) is 0 Å². The maximum Gasteiger partial charge on any atom is 0.119 e. The van der Waals surface area contributed by atoms with E-state index in [-0.39, 0.29) is 0 Å². The molecule has 13 heavy (non-hydrogen) atoms. The van der Waals surface area contributed by atoms with Crippen LogP contribution in [0.2, 0.25) is 0 Å². The van der Waals surface area contributed by atoms with E-state index in [2.05, 4.69) is 6.07 Å². The lowest BCUT2D eigenvalue weighted by molar-refractivity contribution is 0.471. The first kappa shape index (κ1) is 8.11. The third-order valence-corrected chi connectivity index (χ3v) is 2.60. The van der Waals surface area contributed by atoms with Crippen molar-refractivity contribution >= 4 is 10.8 Å². The predicted molar refractivity (Wildman–Crippen MR) is 55.1 cm³/mol. The number of fused-ring (bicyclic) bond motifs is 1. The van der Waals surface area contributed by atoms with Gasteiger partial charge in [0.15, 0.2) is 0 Å². The zero-order chi connectivity index (χ0) is 9.42. The van der Waals surface area contributed by atoms with Crippen LogP contribution < -0.4 is 0 Å². The van der Waals surface area contributed by atoms with E-state index in [4.69, 9.17) is 0 Å². The number of hydrogen-bond donors (Lipinski definition) is 1. The fraction of sp³-hybridized carbons (Fsp3) is 0.167. The summed E-state index contributed by atoms with van der Waals surface area (Å²) in [5.74, 6) is 0.385. The van der Waals surface area contributed by atoms with Crippen LogP contribution in [0.5, 0.6) is 5.75 Å². The highest BCUT2D eigenvalue weighted by molar-refractivity contribution is 5.88. The molecular weight excluding hydrogens is 160 g/mol. The first-order valence-corrected chi connectivity index (χ1v) is 4.38. The number of aromatic hydroxyl groups is 1. The summed E-state index contributed by atoms with van der Waals surface area (Å²) >= 11 is 0. The Morgan fingerprint density at radius 2 is 1.69 bits per heavy atom. The van der Waals surface area contributed by atoms with Gasteiger partial charge in [-0.05, 0) is 41.8 Å². The number of phenolic OH excluding ortho intramolecular Hbond substituents is 1. The molecule has 0 aliphatic rings. The molecule has 2 rings (SSSR count). The van der Waals surface area contributed by atoms with Crippen LogP contribution in [0.15, 0.2) is 30.3 Å². The standard InChI is InChI=1S/C12H12O/c1-8-9(2)12(13)7-10-5-3-4-6-11(8)10/h3-7,13H,1-2H3. The Hall–Kier alpha value is -1.50. The average molecular weight is 172 g/mol. The maximum atomic E-state index is 9.60. The lowest BCUT2D eigenvalue weighted by atomic mass is 10.0. The summed E-state index contributed by atoms with van der Waals surface area (Å²) in [6.45, 7) is 3.98. The number of aryl methyl sites for hydroxylation is 1. The SMILES string of the molecule is Cc1c(O)cc2ccccc2c1C. The van der Waals surface area contributed by atoms with E-state index in [1.807, 2.05) is 38.1 Å². The van der Waals surface area contributed by atoms with Crippen LogP contribution in [0.4, 0.5) is 0 Å². The van der Waals surface area contributed by atoms with Crippen LogP contribution in [-0.2, 0) is 0 Å². The quantitative estimate of drug-likeness (QED) is 0.647. The Balaban J connectivity index is 2.94. The Kier molecular flexibility index (Phi) is 1.73. The molecule has 0 aliphatic heterocycles. The van der Waals surface area contributed by atoms with Crippen LogP contribution in [0, 0.1) is 13.8 Å². The van der Waals surface area contributed by atoms with E-state index in [0.29, 0.717) is 5.75 Å². The number of rotatable bonds is 0. The van der Waals surface area contributed by atoms with Crippen LogP contribution >= 0.6 is 0 Å². The second-order valence-corrected chi connectivity index (χ2v) is 3.37. The summed E-state index contributed by atoms with van der Waals surface area (Å²) < 4.78 is 0. The molecule has 0 aromatic heterocycles. The van der Waals surface area contributed by atoms with Gasteiger partial charge in [-0.25, -0.2) is 0 Å². The molecule has 66 valence electrons. The summed E-state index contributed by atoms with van der Waals surface area (Å²) in [7, 11) is 0. The number of phenols is 1. The van der Waals surface area contributed by atoms with Gasteiger partial charge < -0.3 is 5.11 Å². The smallest absolute Gasteiger partial charge is 0.119 e. The summed E-state index contributed by atoms with van der Waals surface area (Å²) in [6, 6.07) is 9.92.